The number of aromatic nitrogens is 5. The van der Waals surface area contributed by atoms with Crippen LogP contribution in [0.2, 0.25) is 0 Å². The standard InChI is InChI=1S/C25H28N6O2/c1-3-21(4-2-18(1)13-20-16-26-17-24-28-7-8-31(20)24)33-23-15-19(30-9-11-32-12-10-30)14-22-25(23)29-6-5-27-22/h5-8,14-18,21H,1-4,9-13H2. The highest BCUT2D eigenvalue weighted by atomic mass is 16.5. The Morgan fingerprint density at radius 3 is 2.67 bits per heavy atom. The molecule has 0 N–H and O–H groups in total. The lowest BCUT2D eigenvalue weighted by molar-refractivity contribution is 0.122. The minimum absolute atomic E-state index is 0.202. The van der Waals surface area contributed by atoms with Gasteiger partial charge >= 0.3 is 0 Å². The highest BCUT2D eigenvalue weighted by Crippen LogP contribution is 2.34. The normalized spacial score (nSPS) is 21.5. The topological polar surface area (TPSA) is 77.7 Å². The van der Waals surface area contributed by atoms with E-state index in [1.165, 1.54) is 5.69 Å². The first kappa shape index (κ1) is 20.4. The maximum Gasteiger partial charge on any atom is 0.155 e. The molecule has 0 radical (unpaired) electrons. The maximum atomic E-state index is 6.57. The van der Waals surface area contributed by atoms with Crippen molar-refractivity contribution in [1.29, 1.82) is 0 Å². The molecule has 0 spiro atoms. The molecule has 1 aliphatic carbocycles. The van der Waals surface area contributed by atoms with Crippen molar-refractivity contribution in [2.45, 2.75) is 38.2 Å². The molecule has 1 saturated heterocycles. The first-order chi connectivity index (χ1) is 16.3. The summed E-state index contributed by atoms with van der Waals surface area (Å²) in [4.78, 5) is 20.2. The molecule has 0 bridgehead atoms. The summed E-state index contributed by atoms with van der Waals surface area (Å²) < 4.78 is 14.2. The van der Waals surface area contributed by atoms with Gasteiger partial charge in [-0.2, -0.15) is 0 Å². The fourth-order valence-electron chi connectivity index (χ4n) is 5.11. The van der Waals surface area contributed by atoms with Gasteiger partial charge in [0.2, 0.25) is 0 Å². The van der Waals surface area contributed by atoms with E-state index in [9.17, 15) is 0 Å². The largest absolute Gasteiger partial charge is 0.488 e. The smallest absolute Gasteiger partial charge is 0.155 e. The molecule has 170 valence electrons. The number of nitrogens with zero attached hydrogens (tertiary/aromatic N) is 6. The van der Waals surface area contributed by atoms with E-state index in [0.717, 1.165) is 86.5 Å². The third kappa shape index (κ3) is 4.23. The third-order valence-corrected chi connectivity index (χ3v) is 6.88. The van der Waals surface area contributed by atoms with Crippen LogP contribution < -0.4 is 9.64 Å². The monoisotopic (exact) mass is 444 g/mol. The molecule has 4 heterocycles. The molecule has 6 rings (SSSR count). The van der Waals surface area contributed by atoms with Gasteiger partial charge in [0.15, 0.2) is 5.65 Å². The van der Waals surface area contributed by atoms with Crippen LogP contribution in [0.4, 0.5) is 5.69 Å². The first-order valence-electron chi connectivity index (χ1n) is 11.8. The fraction of sp³-hybridized carbons (Fsp3) is 0.440. The predicted octanol–water partition coefficient (Wildman–Crippen LogP) is 3.69. The van der Waals surface area contributed by atoms with Gasteiger partial charge in [0.25, 0.3) is 0 Å². The van der Waals surface area contributed by atoms with Crippen molar-refractivity contribution in [3.8, 4) is 5.75 Å². The van der Waals surface area contributed by atoms with Crippen LogP contribution in [0.1, 0.15) is 31.4 Å². The average molecular weight is 445 g/mol. The van der Waals surface area contributed by atoms with Crippen LogP contribution >= 0.6 is 0 Å². The molecule has 3 aromatic heterocycles. The van der Waals surface area contributed by atoms with Crippen LogP contribution in [0.25, 0.3) is 16.7 Å². The Hall–Kier alpha value is -3.26. The Bertz CT molecular complexity index is 1240. The number of anilines is 1. The zero-order chi connectivity index (χ0) is 22.0. The molecule has 2 aliphatic rings. The molecular formula is C25H28N6O2. The van der Waals surface area contributed by atoms with E-state index in [2.05, 4.69) is 41.4 Å². The Morgan fingerprint density at radius 1 is 0.939 bits per heavy atom. The quantitative estimate of drug-likeness (QED) is 0.465. The van der Waals surface area contributed by atoms with Crippen molar-refractivity contribution in [2.75, 3.05) is 31.2 Å². The van der Waals surface area contributed by atoms with Gasteiger partial charge in [-0.1, -0.05) is 0 Å². The van der Waals surface area contributed by atoms with Crippen LogP contribution in [0, 0.1) is 5.92 Å². The second-order valence-electron chi connectivity index (χ2n) is 8.99. The molecular weight excluding hydrogens is 416 g/mol. The number of ether oxygens (including phenoxy) is 2. The summed E-state index contributed by atoms with van der Waals surface area (Å²) in [6, 6.07) is 4.25. The summed E-state index contributed by atoms with van der Waals surface area (Å²) in [6.45, 7) is 3.27. The van der Waals surface area contributed by atoms with Crippen molar-refractivity contribution in [3.63, 3.8) is 0 Å². The number of imidazole rings is 1. The third-order valence-electron chi connectivity index (χ3n) is 6.88. The number of hydrogen-bond acceptors (Lipinski definition) is 7. The number of hydrogen-bond donors (Lipinski definition) is 0. The SMILES string of the molecule is c1cnc2c(OC3CCC(Cc4cncc5nccn45)CC3)cc(N3CCOCC3)cc2n1. The van der Waals surface area contributed by atoms with E-state index in [4.69, 9.17) is 9.47 Å². The predicted molar refractivity (Wildman–Crippen MR) is 126 cm³/mol. The molecule has 0 amide bonds. The molecule has 1 aromatic carbocycles. The minimum Gasteiger partial charge on any atom is -0.488 e. The Morgan fingerprint density at radius 2 is 1.79 bits per heavy atom. The van der Waals surface area contributed by atoms with Crippen LogP contribution in [0.5, 0.6) is 5.75 Å². The molecule has 4 aromatic rings. The van der Waals surface area contributed by atoms with Crippen molar-refractivity contribution in [2.24, 2.45) is 5.92 Å². The van der Waals surface area contributed by atoms with Gasteiger partial charge in [0, 0.05) is 61.5 Å². The molecule has 0 unspecified atom stereocenters. The Balaban J connectivity index is 1.16. The minimum atomic E-state index is 0.202. The molecule has 0 atom stereocenters. The van der Waals surface area contributed by atoms with E-state index in [0.29, 0.717) is 5.92 Å². The van der Waals surface area contributed by atoms with Gasteiger partial charge in [-0.15, -0.1) is 0 Å². The maximum absolute atomic E-state index is 6.57. The van der Waals surface area contributed by atoms with Gasteiger partial charge in [0.05, 0.1) is 31.0 Å². The van der Waals surface area contributed by atoms with Gasteiger partial charge in [-0.05, 0) is 44.1 Å². The molecule has 8 nitrogen and oxygen atoms in total. The fourth-order valence-corrected chi connectivity index (χ4v) is 5.11. The van der Waals surface area contributed by atoms with Gasteiger partial charge in [-0.3, -0.25) is 9.97 Å². The van der Waals surface area contributed by atoms with Gasteiger partial charge in [0.1, 0.15) is 11.3 Å². The first-order valence-corrected chi connectivity index (χ1v) is 11.8. The zero-order valence-corrected chi connectivity index (χ0v) is 18.6. The lowest BCUT2D eigenvalue weighted by atomic mass is 9.84. The van der Waals surface area contributed by atoms with Crippen LogP contribution in [-0.4, -0.2) is 56.7 Å². The Kier molecular flexibility index (Phi) is 5.51. The van der Waals surface area contributed by atoms with Crippen LogP contribution in [0.15, 0.2) is 49.3 Å². The number of morpholine rings is 1. The highest BCUT2D eigenvalue weighted by molar-refractivity contribution is 5.85. The van der Waals surface area contributed by atoms with Crippen LogP contribution in [0.3, 0.4) is 0 Å². The summed E-state index contributed by atoms with van der Waals surface area (Å²) in [5.41, 5.74) is 5.00. The van der Waals surface area contributed by atoms with Gasteiger partial charge < -0.3 is 18.8 Å². The van der Waals surface area contributed by atoms with Crippen molar-refractivity contribution in [3.05, 3.63) is 55.0 Å². The summed E-state index contributed by atoms with van der Waals surface area (Å²) in [6.07, 6.45) is 16.7. The molecule has 1 saturated carbocycles. The van der Waals surface area contributed by atoms with E-state index in [1.54, 1.807) is 12.4 Å². The number of rotatable bonds is 5. The average Bonchev–Trinajstić information content (AvgIpc) is 3.36. The van der Waals surface area contributed by atoms with Crippen LogP contribution in [-0.2, 0) is 11.2 Å². The summed E-state index contributed by atoms with van der Waals surface area (Å²) >= 11 is 0. The second-order valence-corrected chi connectivity index (χ2v) is 8.99. The molecule has 33 heavy (non-hydrogen) atoms. The highest BCUT2D eigenvalue weighted by Gasteiger charge is 2.25. The van der Waals surface area contributed by atoms with Crippen molar-refractivity contribution < 1.29 is 9.47 Å². The number of benzene rings is 1. The van der Waals surface area contributed by atoms with Crippen molar-refractivity contribution >= 4 is 22.4 Å². The number of fused-ring (bicyclic) bond motifs is 2. The zero-order valence-electron chi connectivity index (χ0n) is 18.6. The van der Waals surface area contributed by atoms with Crippen molar-refractivity contribution in [1.82, 2.24) is 24.3 Å². The van der Waals surface area contributed by atoms with Gasteiger partial charge in [-0.25, -0.2) is 9.97 Å². The van der Waals surface area contributed by atoms with E-state index < -0.39 is 0 Å². The van der Waals surface area contributed by atoms with E-state index in [1.807, 2.05) is 24.8 Å². The summed E-state index contributed by atoms with van der Waals surface area (Å²) in [5, 5.41) is 0. The Labute approximate surface area is 192 Å². The lowest BCUT2D eigenvalue weighted by Gasteiger charge is -2.31. The molecule has 8 heteroatoms. The van der Waals surface area contributed by atoms with E-state index >= 15 is 0 Å². The molecule has 2 fully saturated rings. The lowest BCUT2D eigenvalue weighted by Crippen LogP contribution is -2.36. The second kappa shape index (κ2) is 8.94. The van der Waals surface area contributed by atoms with E-state index in [-0.39, 0.29) is 6.10 Å². The molecule has 1 aliphatic heterocycles. The summed E-state index contributed by atoms with van der Waals surface area (Å²) in [5.74, 6) is 1.48. The summed E-state index contributed by atoms with van der Waals surface area (Å²) in [7, 11) is 0.